The first-order chi connectivity index (χ1) is 9.67. The molecule has 2 rings (SSSR count). The lowest BCUT2D eigenvalue weighted by Crippen LogP contribution is -2.27. The molecule has 20 heavy (non-hydrogen) atoms. The van der Waals surface area contributed by atoms with Crippen LogP contribution in [0.2, 0.25) is 5.02 Å². The second-order valence-corrected chi connectivity index (χ2v) is 6.42. The van der Waals surface area contributed by atoms with Gasteiger partial charge in [0.05, 0.1) is 16.4 Å². The molecule has 0 amide bonds. The van der Waals surface area contributed by atoms with Crippen LogP contribution < -0.4 is 5.32 Å². The van der Waals surface area contributed by atoms with Gasteiger partial charge >= 0.3 is 0 Å². The molecular weight excluding hydrogens is 270 g/mol. The maximum atomic E-state index is 6.48. The summed E-state index contributed by atoms with van der Waals surface area (Å²) in [6, 6.07) is 0. The lowest BCUT2D eigenvalue weighted by molar-refractivity contribution is 0.359. The van der Waals surface area contributed by atoms with E-state index in [4.69, 9.17) is 11.6 Å². The molecule has 1 fully saturated rings. The second-order valence-electron chi connectivity index (χ2n) is 6.04. The molecule has 1 aliphatic rings. The van der Waals surface area contributed by atoms with Gasteiger partial charge in [0.25, 0.3) is 0 Å². The molecule has 114 valence electrons. The molecule has 1 N–H and O–H groups in total. The molecule has 1 saturated carbocycles. The zero-order valence-corrected chi connectivity index (χ0v) is 13.8. The molecule has 0 spiro atoms. The van der Waals surface area contributed by atoms with Gasteiger partial charge in [-0.3, -0.25) is 4.68 Å². The van der Waals surface area contributed by atoms with E-state index in [2.05, 4.69) is 24.3 Å². The molecule has 1 aromatic rings. The quantitative estimate of drug-likeness (QED) is 0.780. The lowest BCUT2D eigenvalue weighted by Gasteiger charge is -2.20. The minimum atomic E-state index is 0.761. The number of halogens is 1. The van der Waals surface area contributed by atoms with Crippen molar-refractivity contribution in [1.82, 2.24) is 15.1 Å². The van der Waals surface area contributed by atoms with E-state index in [-0.39, 0.29) is 0 Å². The molecule has 1 heterocycles. The highest BCUT2D eigenvalue weighted by Gasteiger charge is 2.29. The Kier molecular flexibility index (Phi) is 5.91. The van der Waals surface area contributed by atoms with E-state index in [1.54, 1.807) is 0 Å². The summed E-state index contributed by atoms with van der Waals surface area (Å²) < 4.78 is 2.00. The molecule has 4 heteroatoms. The number of hydrogen-bond donors (Lipinski definition) is 1. The summed E-state index contributed by atoms with van der Waals surface area (Å²) in [6.07, 6.45) is 7.27. The van der Waals surface area contributed by atoms with E-state index in [0.717, 1.165) is 48.5 Å². The second kappa shape index (κ2) is 7.46. The Morgan fingerprint density at radius 1 is 1.30 bits per heavy atom. The van der Waals surface area contributed by atoms with Crippen LogP contribution in [0.5, 0.6) is 0 Å². The summed E-state index contributed by atoms with van der Waals surface area (Å²) in [4.78, 5) is 0. The Labute approximate surface area is 128 Å². The van der Waals surface area contributed by atoms with Crippen LogP contribution in [-0.2, 0) is 19.9 Å². The topological polar surface area (TPSA) is 29.9 Å². The fourth-order valence-electron chi connectivity index (χ4n) is 3.41. The highest BCUT2D eigenvalue weighted by Crippen LogP contribution is 2.35. The fraction of sp³-hybridized carbons (Fsp3) is 0.812. The van der Waals surface area contributed by atoms with Crippen molar-refractivity contribution in [2.24, 2.45) is 18.9 Å². The summed E-state index contributed by atoms with van der Waals surface area (Å²) in [6.45, 7) is 6.64. The van der Waals surface area contributed by atoms with Gasteiger partial charge < -0.3 is 5.32 Å². The van der Waals surface area contributed by atoms with Crippen molar-refractivity contribution in [3.63, 3.8) is 0 Å². The van der Waals surface area contributed by atoms with Gasteiger partial charge in [-0.05, 0) is 57.0 Å². The zero-order valence-electron chi connectivity index (χ0n) is 13.1. The minimum absolute atomic E-state index is 0.761. The van der Waals surface area contributed by atoms with Crippen LogP contribution >= 0.6 is 11.6 Å². The van der Waals surface area contributed by atoms with Crippen molar-refractivity contribution >= 4 is 11.6 Å². The van der Waals surface area contributed by atoms with Gasteiger partial charge in [0.1, 0.15) is 0 Å². The molecule has 1 aromatic heterocycles. The van der Waals surface area contributed by atoms with Crippen LogP contribution in [-0.4, -0.2) is 22.9 Å². The van der Waals surface area contributed by atoms with Gasteiger partial charge in [-0.15, -0.1) is 0 Å². The number of aryl methyl sites for hydroxylation is 2. The molecule has 2 atom stereocenters. The molecule has 3 nitrogen and oxygen atoms in total. The van der Waals surface area contributed by atoms with Gasteiger partial charge in [0, 0.05) is 7.05 Å². The largest absolute Gasteiger partial charge is 0.316 e. The SMILES string of the molecule is CCCNCC1CCCC1Cc1c(Cl)c(CC)nn1C. The molecule has 0 aromatic carbocycles. The minimum Gasteiger partial charge on any atom is -0.316 e. The smallest absolute Gasteiger partial charge is 0.0849 e. The van der Waals surface area contributed by atoms with E-state index < -0.39 is 0 Å². The van der Waals surface area contributed by atoms with Crippen molar-refractivity contribution in [1.29, 1.82) is 0 Å². The number of aromatic nitrogens is 2. The van der Waals surface area contributed by atoms with Crippen LogP contribution in [0, 0.1) is 11.8 Å². The first kappa shape index (κ1) is 15.8. The Bertz CT molecular complexity index is 428. The summed E-state index contributed by atoms with van der Waals surface area (Å²) in [5.74, 6) is 1.56. The third-order valence-corrected chi connectivity index (χ3v) is 5.04. The molecule has 0 aliphatic heterocycles. The van der Waals surface area contributed by atoms with E-state index in [9.17, 15) is 0 Å². The third-order valence-electron chi connectivity index (χ3n) is 4.61. The number of nitrogens with zero attached hydrogens (tertiary/aromatic N) is 2. The predicted octanol–water partition coefficient (Wildman–Crippen LogP) is 3.59. The van der Waals surface area contributed by atoms with E-state index in [0.29, 0.717) is 0 Å². The van der Waals surface area contributed by atoms with Crippen molar-refractivity contribution in [2.75, 3.05) is 13.1 Å². The summed E-state index contributed by atoms with van der Waals surface area (Å²) >= 11 is 6.48. The lowest BCUT2D eigenvalue weighted by atomic mass is 9.91. The van der Waals surface area contributed by atoms with Crippen molar-refractivity contribution in [3.05, 3.63) is 16.4 Å². The zero-order chi connectivity index (χ0) is 14.5. The first-order valence-corrected chi connectivity index (χ1v) is 8.46. The summed E-state index contributed by atoms with van der Waals surface area (Å²) in [5.41, 5.74) is 2.28. The van der Waals surface area contributed by atoms with Gasteiger partial charge in [-0.25, -0.2) is 0 Å². The van der Waals surface area contributed by atoms with Crippen molar-refractivity contribution in [3.8, 4) is 0 Å². The normalized spacial score (nSPS) is 22.6. The molecule has 2 unspecified atom stereocenters. The maximum Gasteiger partial charge on any atom is 0.0849 e. The first-order valence-electron chi connectivity index (χ1n) is 8.08. The van der Waals surface area contributed by atoms with Gasteiger partial charge in [0.15, 0.2) is 0 Å². The average molecular weight is 298 g/mol. The van der Waals surface area contributed by atoms with E-state index in [1.165, 1.54) is 31.4 Å². The monoisotopic (exact) mass is 297 g/mol. The van der Waals surface area contributed by atoms with Crippen LogP contribution in [0.1, 0.15) is 50.9 Å². The Morgan fingerprint density at radius 2 is 2.05 bits per heavy atom. The molecular formula is C16H28ClN3. The predicted molar refractivity (Wildman–Crippen MR) is 85.3 cm³/mol. The Morgan fingerprint density at radius 3 is 2.70 bits per heavy atom. The molecule has 0 radical (unpaired) electrons. The number of rotatable bonds is 7. The van der Waals surface area contributed by atoms with E-state index in [1.807, 2.05) is 11.7 Å². The Balaban J connectivity index is 1.99. The van der Waals surface area contributed by atoms with E-state index >= 15 is 0 Å². The average Bonchev–Trinajstić information content (AvgIpc) is 2.98. The highest BCUT2D eigenvalue weighted by atomic mass is 35.5. The standard InChI is InChI=1S/C16H28ClN3/c1-4-9-18-11-13-8-6-7-12(13)10-15-16(17)14(5-2)19-20(15)3/h12-13,18H,4-11H2,1-3H3. The van der Waals surface area contributed by atoms with Gasteiger partial charge in [-0.1, -0.05) is 31.9 Å². The molecule has 1 aliphatic carbocycles. The maximum absolute atomic E-state index is 6.48. The number of hydrogen-bond acceptors (Lipinski definition) is 2. The third kappa shape index (κ3) is 3.56. The summed E-state index contributed by atoms with van der Waals surface area (Å²) in [7, 11) is 2.03. The van der Waals surface area contributed by atoms with Crippen molar-refractivity contribution < 1.29 is 0 Å². The van der Waals surface area contributed by atoms with Crippen LogP contribution in [0.25, 0.3) is 0 Å². The molecule has 0 saturated heterocycles. The van der Waals surface area contributed by atoms with Gasteiger partial charge in [0.2, 0.25) is 0 Å². The van der Waals surface area contributed by atoms with Gasteiger partial charge in [-0.2, -0.15) is 5.10 Å². The Hall–Kier alpha value is -0.540. The number of nitrogens with one attached hydrogen (secondary N) is 1. The van der Waals surface area contributed by atoms with Crippen LogP contribution in [0.3, 0.4) is 0 Å². The van der Waals surface area contributed by atoms with Crippen LogP contribution in [0.15, 0.2) is 0 Å². The summed E-state index contributed by atoms with van der Waals surface area (Å²) in [5, 5.41) is 9.03. The van der Waals surface area contributed by atoms with Crippen LogP contribution in [0.4, 0.5) is 0 Å². The molecule has 0 bridgehead atoms. The van der Waals surface area contributed by atoms with Crippen molar-refractivity contribution in [2.45, 2.75) is 52.4 Å². The highest BCUT2D eigenvalue weighted by molar-refractivity contribution is 6.31. The fourth-order valence-corrected chi connectivity index (χ4v) is 3.78.